The van der Waals surface area contributed by atoms with Crippen molar-refractivity contribution in [3.63, 3.8) is 0 Å². The van der Waals surface area contributed by atoms with Gasteiger partial charge in [-0.2, -0.15) is 0 Å². The lowest BCUT2D eigenvalue weighted by atomic mass is 9.87. The van der Waals surface area contributed by atoms with E-state index in [2.05, 4.69) is 6.07 Å². The van der Waals surface area contributed by atoms with Crippen molar-refractivity contribution < 1.29 is 33.4 Å². The number of halogens is 1. The van der Waals surface area contributed by atoms with Crippen LogP contribution in [0, 0.1) is 5.82 Å². The number of carbonyl (C=O) groups is 1. The standard InChI is InChI=1S/C28H31FNO6P/c1-17(2)27-24(15-36-37(34,35)16-21(31)14-25(32)33)26(19-10-12-20(29)13-11-19)23-9-5-7-18-6-3-4-8-22(18)28(23)30-27/h3-4,6,8,10-13,17,21,31H,5,7,9,14-16H2,1-2H3,(H,32,33)(H,34,35)/t21-/m1/s1. The lowest BCUT2D eigenvalue weighted by Gasteiger charge is -2.24. The number of fused-ring (bicyclic) bond motifs is 3. The van der Waals surface area contributed by atoms with Gasteiger partial charge in [0.05, 0.1) is 31.0 Å². The first-order valence-electron chi connectivity index (χ1n) is 12.3. The predicted octanol–water partition coefficient (Wildman–Crippen LogP) is 5.70. The van der Waals surface area contributed by atoms with Crippen LogP contribution in [0.5, 0.6) is 0 Å². The third-order valence-electron chi connectivity index (χ3n) is 6.52. The van der Waals surface area contributed by atoms with Gasteiger partial charge in [-0.1, -0.05) is 50.2 Å². The van der Waals surface area contributed by atoms with Gasteiger partial charge in [0, 0.05) is 16.8 Å². The van der Waals surface area contributed by atoms with Crippen LogP contribution in [0.2, 0.25) is 0 Å². The summed E-state index contributed by atoms with van der Waals surface area (Å²) in [5.41, 5.74) is 6.93. The molecule has 0 amide bonds. The molecule has 0 aliphatic heterocycles. The van der Waals surface area contributed by atoms with E-state index in [1.54, 1.807) is 12.1 Å². The highest BCUT2D eigenvalue weighted by Gasteiger charge is 2.30. The number of carboxylic acids is 1. The number of aliphatic hydroxyl groups is 1. The van der Waals surface area contributed by atoms with E-state index in [1.165, 1.54) is 17.7 Å². The summed E-state index contributed by atoms with van der Waals surface area (Å²) in [5.74, 6) is -1.71. The molecule has 0 radical (unpaired) electrons. The average molecular weight is 528 g/mol. The lowest BCUT2D eigenvalue weighted by molar-refractivity contribution is -0.138. The number of nitrogens with zero attached hydrogens (tertiary/aromatic N) is 1. The number of benzene rings is 2. The Bertz CT molecular complexity index is 1340. The summed E-state index contributed by atoms with van der Waals surface area (Å²) in [4.78, 5) is 26.3. The van der Waals surface area contributed by atoms with Crippen LogP contribution >= 0.6 is 7.60 Å². The Morgan fingerprint density at radius 2 is 1.84 bits per heavy atom. The largest absolute Gasteiger partial charge is 0.481 e. The Morgan fingerprint density at radius 1 is 1.14 bits per heavy atom. The summed E-state index contributed by atoms with van der Waals surface area (Å²) in [5, 5.41) is 18.8. The SMILES string of the molecule is CC(C)c1nc2c(c(-c3ccc(F)cc3)c1COP(=O)(O)C[C@H](O)CC(=O)O)CCCc1ccccc1-2. The van der Waals surface area contributed by atoms with E-state index in [9.17, 15) is 23.7 Å². The summed E-state index contributed by atoms with van der Waals surface area (Å²) in [6.45, 7) is 3.69. The molecule has 0 saturated carbocycles. The molecule has 0 saturated heterocycles. The van der Waals surface area contributed by atoms with E-state index in [4.69, 9.17) is 14.6 Å². The zero-order valence-electron chi connectivity index (χ0n) is 20.9. The zero-order valence-corrected chi connectivity index (χ0v) is 21.7. The Morgan fingerprint density at radius 3 is 2.51 bits per heavy atom. The highest BCUT2D eigenvalue weighted by molar-refractivity contribution is 7.52. The first kappa shape index (κ1) is 27.1. The zero-order chi connectivity index (χ0) is 26.7. The third-order valence-corrected chi connectivity index (χ3v) is 7.93. The molecule has 1 heterocycles. The number of aryl methyl sites for hydroxylation is 1. The molecule has 1 unspecified atom stereocenters. The van der Waals surface area contributed by atoms with Crippen LogP contribution in [0.1, 0.15) is 55.0 Å². The fraction of sp³-hybridized carbons (Fsp3) is 0.357. The molecule has 3 N–H and O–H groups in total. The van der Waals surface area contributed by atoms with E-state index >= 15 is 0 Å². The summed E-state index contributed by atoms with van der Waals surface area (Å²) in [6.07, 6.45) is -0.411. The summed E-state index contributed by atoms with van der Waals surface area (Å²) in [6, 6.07) is 14.3. The van der Waals surface area contributed by atoms with Crippen molar-refractivity contribution in [2.24, 2.45) is 0 Å². The van der Waals surface area contributed by atoms with Crippen molar-refractivity contribution in [2.75, 3.05) is 6.16 Å². The van der Waals surface area contributed by atoms with Crippen molar-refractivity contribution in [2.45, 2.75) is 58.2 Å². The maximum atomic E-state index is 13.9. The Labute approximate surface area is 215 Å². The van der Waals surface area contributed by atoms with Gasteiger partial charge in [0.1, 0.15) is 5.82 Å². The van der Waals surface area contributed by atoms with Gasteiger partial charge in [0.25, 0.3) is 0 Å². The molecule has 0 fully saturated rings. The molecule has 196 valence electrons. The topological polar surface area (TPSA) is 117 Å². The first-order valence-corrected chi connectivity index (χ1v) is 14.1. The number of hydrogen-bond acceptors (Lipinski definition) is 5. The van der Waals surface area contributed by atoms with Gasteiger partial charge in [0.2, 0.25) is 0 Å². The second-order valence-corrected chi connectivity index (χ2v) is 11.6. The van der Waals surface area contributed by atoms with Crippen molar-refractivity contribution in [3.05, 3.63) is 76.7 Å². The monoisotopic (exact) mass is 527 g/mol. The quantitative estimate of drug-likeness (QED) is 0.306. The van der Waals surface area contributed by atoms with E-state index in [1.807, 2.05) is 32.0 Å². The van der Waals surface area contributed by atoms with Crippen LogP contribution in [0.15, 0.2) is 48.5 Å². The average Bonchev–Trinajstić information content (AvgIpc) is 3.01. The summed E-state index contributed by atoms with van der Waals surface area (Å²) < 4.78 is 32.1. The second kappa shape index (κ2) is 11.2. The van der Waals surface area contributed by atoms with Crippen LogP contribution < -0.4 is 0 Å². The van der Waals surface area contributed by atoms with Crippen molar-refractivity contribution in [1.29, 1.82) is 0 Å². The maximum Gasteiger partial charge on any atom is 0.331 e. The molecule has 1 aliphatic carbocycles. The van der Waals surface area contributed by atoms with Gasteiger partial charge in [-0.3, -0.25) is 14.3 Å². The van der Waals surface area contributed by atoms with Crippen LogP contribution in [-0.2, 0) is 33.3 Å². The molecule has 7 nitrogen and oxygen atoms in total. The van der Waals surface area contributed by atoms with E-state index in [-0.39, 0.29) is 18.3 Å². The predicted molar refractivity (Wildman–Crippen MR) is 139 cm³/mol. The van der Waals surface area contributed by atoms with E-state index in [0.29, 0.717) is 17.7 Å². The van der Waals surface area contributed by atoms with Crippen LogP contribution in [0.25, 0.3) is 22.4 Å². The van der Waals surface area contributed by atoms with Gasteiger partial charge in [0.15, 0.2) is 0 Å². The number of hydrogen-bond donors (Lipinski definition) is 3. The number of carboxylic acid groups (broad SMARTS) is 1. The van der Waals surface area contributed by atoms with Crippen molar-refractivity contribution >= 4 is 13.6 Å². The van der Waals surface area contributed by atoms with Gasteiger partial charge in [-0.15, -0.1) is 0 Å². The number of pyridine rings is 1. The van der Waals surface area contributed by atoms with E-state index in [0.717, 1.165) is 40.8 Å². The lowest BCUT2D eigenvalue weighted by Crippen LogP contribution is -2.18. The molecule has 9 heteroatoms. The number of aliphatic hydroxyl groups excluding tert-OH is 1. The first-order chi connectivity index (χ1) is 17.6. The Hall–Kier alpha value is -2.90. The number of rotatable bonds is 9. The minimum Gasteiger partial charge on any atom is -0.481 e. The van der Waals surface area contributed by atoms with E-state index < -0.39 is 32.3 Å². The van der Waals surface area contributed by atoms with Crippen molar-refractivity contribution in [3.8, 4) is 22.4 Å². The highest BCUT2D eigenvalue weighted by atomic mass is 31.2. The Balaban J connectivity index is 1.86. The normalized spacial score (nSPS) is 15.4. The molecule has 0 bridgehead atoms. The number of aliphatic carboxylic acids is 1. The fourth-order valence-electron chi connectivity index (χ4n) is 4.91. The third kappa shape index (κ3) is 6.33. The van der Waals surface area contributed by atoms with Gasteiger partial charge >= 0.3 is 13.6 Å². The van der Waals surface area contributed by atoms with Crippen LogP contribution in [0.4, 0.5) is 4.39 Å². The maximum absolute atomic E-state index is 13.9. The second-order valence-electron chi connectivity index (χ2n) is 9.70. The molecule has 4 rings (SSSR count). The smallest absolute Gasteiger partial charge is 0.331 e. The van der Waals surface area contributed by atoms with Gasteiger partial charge in [-0.25, -0.2) is 4.39 Å². The Kier molecular flexibility index (Phi) is 8.24. The summed E-state index contributed by atoms with van der Waals surface area (Å²) >= 11 is 0. The molecule has 1 aliphatic rings. The highest BCUT2D eigenvalue weighted by Crippen LogP contribution is 2.47. The molecule has 37 heavy (non-hydrogen) atoms. The van der Waals surface area contributed by atoms with Gasteiger partial charge < -0.3 is 19.6 Å². The molecule has 1 aromatic heterocycles. The molecule has 2 aromatic carbocycles. The molecular weight excluding hydrogens is 496 g/mol. The number of aromatic nitrogens is 1. The van der Waals surface area contributed by atoms with Crippen LogP contribution in [-0.4, -0.2) is 38.3 Å². The van der Waals surface area contributed by atoms with Crippen molar-refractivity contribution in [1.82, 2.24) is 4.98 Å². The fourth-order valence-corrected chi connectivity index (χ4v) is 6.01. The minimum absolute atomic E-state index is 0.0609. The summed E-state index contributed by atoms with van der Waals surface area (Å²) in [7, 11) is -4.33. The molecular formula is C28H31FNO6P. The minimum atomic E-state index is -4.33. The van der Waals surface area contributed by atoms with Gasteiger partial charge in [-0.05, 0) is 59.6 Å². The molecule has 3 aromatic rings. The van der Waals surface area contributed by atoms with Crippen LogP contribution in [0.3, 0.4) is 0 Å². The molecule has 2 atom stereocenters. The molecule has 0 spiro atoms.